The van der Waals surface area contributed by atoms with Crippen LogP contribution in [-0.2, 0) is 4.74 Å². The molecule has 15 heavy (non-hydrogen) atoms. The third-order valence-electron chi connectivity index (χ3n) is 1.81. The Balaban J connectivity index is 0.000000150. The highest BCUT2D eigenvalue weighted by Gasteiger charge is 2.30. The van der Waals surface area contributed by atoms with Crippen molar-refractivity contribution in [2.45, 2.75) is 10.1 Å². The van der Waals surface area contributed by atoms with Crippen LogP contribution in [0.3, 0.4) is 0 Å². The molecule has 0 spiro atoms. The van der Waals surface area contributed by atoms with E-state index in [1.807, 2.05) is 12.1 Å². The van der Waals surface area contributed by atoms with E-state index in [2.05, 4.69) is 4.74 Å². The number of halogens is 3. The van der Waals surface area contributed by atoms with Gasteiger partial charge in [0, 0.05) is 12.7 Å². The molecule has 0 saturated carbocycles. The summed E-state index contributed by atoms with van der Waals surface area (Å²) in [5, 5.41) is 17.3. The van der Waals surface area contributed by atoms with Gasteiger partial charge in [-0.2, -0.15) is 0 Å². The van der Waals surface area contributed by atoms with Crippen molar-refractivity contribution in [3.63, 3.8) is 0 Å². The molecule has 1 atom stereocenters. The zero-order valence-corrected chi connectivity index (χ0v) is 10.0. The minimum absolute atomic E-state index is 0.442. The molecular weight excluding hydrogens is 262 g/mol. The Morgan fingerprint density at radius 3 is 1.93 bits per heavy atom. The fraction of sp³-hybridized carbons (Fsp3) is 0.333. The number of aliphatic hydroxyl groups is 1. The fourth-order valence-corrected chi connectivity index (χ4v) is 1.17. The third-order valence-corrected chi connectivity index (χ3v) is 2.37. The Bertz CT molecular complexity index is 349. The summed E-state index contributed by atoms with van der Waals surface area (Å²) in [5.41, 5.74) is 2.22. The standard InChI is InChI=1S/C6H4O.C3H5Cl3O2/c7-6-3-4-1-2-5(4)6;1-8-2(7)3(4,5)6/h1-3,7H;2,7H,1H3. The lowest BCUT2D eigenvalue weighted by Crippen LogP contribution is -2.26. The molecule has 84 valence electrons. The van der Waals surface area contributed by atoms with Gasteiger partial charge in [0.2, 0.25) is 10.1 Å². The molecule has 2 rings (SSSR count). The van der Waals surface area contributed by atoms with E-state index in [1.165, 1.54) is 12.7 Å². The summed E-state index contributed by atoms with van der Waals surface area (Å²) in [6, 6.07) is 5.65. The molecular formula is C9H9Cl3O3. The number of aromatic hydroxyl groups is 1. The van der Waals surface area contributed by atoms with Crippen LogP contribution < -0.4 is 0 Å². The number of benzene rings is 1. The molecule has 2 aliphatic carbocycles. The maximum absolute atomic E-state index is 8.69. The molecule has 0 fully saturated rings. The van der Waals surface area contributed by atoms with Gasteiger partial charge >= 0.3 is 0 Å². The van der Waals surface area contributed by atoms with Crippen LogP contribution in [-0.4, -0.2) is 27.4 Å². The molecule has 1 unspecified atom stereocenters. The number of rotatable bonds is 1. The first-order valence-electron chi connectivity index (χ1n) is 3.97. The van der Waals surface area contributed by atoms with E-state index in [-0.39, 0.29) is 0 Å². The number of ether oxygens (including phenoxy) is 1. The summed E-state index contributed by atoms with van der Waals surface area (Å²) in [6.45, 7) is 0. The Hall–Kier alpha value is -0.190. The van der Waals surface area contributed by atoms with Crippen molar-refractivity contribution in [1.29, 1.82) is 0 Å². The molecule has 6 heteroatoms. The molecule has 0 aliphatic heterocycles. The Labute approximate surface area is 102 Å². The van der Waals surface area contributed by atoms with Gasteiger partial charge in [-0.1, -0.05) is 46.9 Å². The lowest BCUT2D eigenvalue weighted by atomic mass is 9.93. The molecule has 0 bridgehead atoms. The maximum atomic E-state index is 8.69. The van der Waals surface area contributed by atoms with Gasteiger partial charge in [-0.3, -0.25) is 0 Å². The highest BCUT2D eigenvalue weighted by Crippen LogP contribution is 2.41. The Morgan fingerprint density at radius 1 is 1.33 bits per heavy atom. The second kappa shape index (κ2) is 4.76. The van der Waals surface area contributed by atoms with E-state index in [4.69, 9.17) is 45.0 Å². The van der Waals surface area contributed by atoms with Crippen LogP contribution in [0, 0.1) is 0 Å². The van der Waals surface area contributed by atoms with Crippen LogP contribution in [0.1, 0.15) is 0 Å². The summed E-state index contributed by atoms with van der Waals surface area (Å²) in [7, 11) is 1.24. The van der Waals surface area contributed by atoms with Crippen molar-refractivity contribution in [1.82, 2.24) is 0 Å². The smallest absolute Gasteiger partial charge is 0.240 e. The molecule has 0 amide bonds. The topological polar surface area (TPSA) is 49.7 Å². The Kier molecular flexibility index (Phi) is 4.09. The number of phenolic OH excluding ortho intramolecular Hbond substituents is 1. The van der Waals surface area contributed by atoms with Gasteiger partial charge < -0.3 is 14.9 Å². The van der Waals surface area contributed by atoms with E-state index >= 15 is 0 Å². The molecule has 3 nitrogen and oxygen atoms in total. The number of hydrogen-bond donors (Lipinski definition) is 2. The predicted molar refractivity (Wildman–Crippen MR) is 60.4 cm³/mol. The van der Waals surface area contributed by atoms with E-state index < -0.39 is 10.1 Å². The summed E-state index contributed by atoms with van der Waals surface area (Å²) >= 11 is 15.4. The normalized spacial score (nSPS) is 13.9. The second-order valence-corrected chi connectivity index (χ2v) is 5.23. The van der Waals surface area contributed by atoms with Crippen LogP contribution in [0.4, 0.5) is 0 Å². The summed E-state index contributed by atoms with van der Waals surface area (Å²) in [6.07, 6.45) is -1.35. The van der Waals surface area contributed by atoms with Crippen LogP contribution in [0.2, 0.25) is 0 Å². The first-order chi connectivity index (χ1) is 6.86. The molecule has 0 radical (unpaired) electrons. The molecule has 2 aliphatic rings. The van der Waals surface area contributed by atoms with Gasteiger partial charge in [-0.05, 0) is 11.6 Å². The van der Waals surface area contributed by atoms with Gasteiger partial charge in [0.15, 0.2) is 0 Å². The number of phenols is 1. The monoisotopic (exact) mass is 270 g/mol. The zero-order valence-electron chi connectivity index (χ0n) is 7.75. The molecule has 0 saturated heterocycles. The largest absolute Gasteiger partial charge is 0.507 e. The highest BCUT2D eigenvalue weighted by molar-refractivity contribution is 6.67. The number of hydrogen-bond acceptors (Lipinski definition) is 3. The lowest BCUT2D eigenvalue weighted by molar-refractivity contribution is -0.0696. The van der Waals surface area contributed by atoms with Crippen LogP contribution in [0.5, 0.6) is 5.75 Å². The predicted octanol–water partition coefficient (Wildman–Crippen LogP) is 2.69. The summed E-state index contributed by atoms with van der Waals surface area (Å²) < 4.78 is 2.53. The number of alkyl halides is 3. The van der Waals surface area contributed by atoms with E-state index in [9.17, 15) is 0 Å². The maximum Gasteiger partial charge on any atom is 0.240 e. The van der Waals surface area contributed by atoms with E-state index in [0.717, 1.165) is 5.56 Å². The van der Waals surface area contributed by atoms with Crippen LogP contribution in [0.25, 0.3) is 11.1 Å². The fourth-order valence-electron chi connectivity index (χ4n) is 0.903. The third kappa shape index (κ3) is 3.13. The molecule has 0 heterocycles. The number of fused-ring (bicyclic) bond motifs is 1. The van der Waals surface area contributed by atoms with Gasteiger partial charge in [0.1, 0.15) is 5.75 Å². The second-order valence-electron chi connectivity index (χ2n) is 2.86. The van der Waals surface area contributed by atoms with Crippen LogP contribution in [0.15, 0.2) is 18.2 Å². The molecule has 0 aromatic rings. The molecule has 0 aromatic heterocycles. The van der Waals surface area contributed by atoms with Crippen molar-refractivity contribution in [3.05, 3.63) is 18.2 Å². The van der Waals surface area contributed by atoms with Crippen molar-refractivity contribution in [3.8, 4) is 16.9 Å². The van der Waals surface area contributed by atoms with Gasteiger partial charge in [-0.15, -0.1) is 0 Å². The van der Waals surface area contributed by atoms with E-state index in [1.54, 1.807) is 6.07 Å². The molecule has 2 N–H and O–H groups in total. The highest BCUT2D eigenvalue weighted by atomic mass is 35.6. The average molecular weight is 272 g/mol. The van der Waals surface area contributed by atoms with Crippen molar-refractivity contribution in [2.75, 3.05) is 7.11 Å². The SMILES string of the molecule is COC(O)C(Cl)(Cl)Cl.Oc1cc2ccc1-2. The van der Waals surface area contributed by atoms with Crippen LogP contribution >= 0.6 is 34.8 Å². The number of aliphatic hydroxyl groups excluding tert-OH is 1. The first kappa shape index (κ1) is 12.9. The summed E-state index contributed by atoms with van der Waals surface area (Å²) in [4.78, 5) is 0. The van der Waals surface area contributed by atoms with E-state index in [0.29, 0.717) is 5.75 Å². The minimum Gasteiger partial charge on any atom is -0.507 e. The van der Waals surface area contributed by atoms with Gasteiger partial charge in [0.25, 0.3) is 0 Å². The average Bonchev–Trinajstić information content (AvgIpc) is 2.11. The van der Waals surface area contributed by atoms with Gasteiger partial charge in [-0.25, -0.2) is 0 Å². The molecule has 0 aromatic carbocycles. The van der Waals surface area contributed by atoms with Crippen molar-refractivity contribution in [2.24, 2.45) is 0 Å². The van der Waals surface area contributed by atoms with Crippen molar-refractivity contribution < 1.29 is 14.9 Å². The summed E-state index contributed by atoms with van der Waals surface area (Å²) in [5.74, 6) is 0.442. The minimum atomic E-state index is -1.74. The van der Waals surface area contributed by atoms with Crippen molar-refractivity contribution >= 4 is 34.8 Å². The quantitative estimate of drug-likeness (QED) is 0.619. The number of methoxy groups -OCH3 is 1. The lowest BCUT2D eigenvalue weighted by Gasteiger charge is -2.15. The first-order valence-corrected chi connectivity index (χ1v) is 5.10. The zero-order chi connectivity index (χ0) is 11.6. The Morgan fingerprint density at radius 2 is 1.93 bits per heavy atom. The van der Waals surface area contributed by atoms with Gasteiger partial charge in [0.05, 0.1) is 0 Å².